The quantitative estimate of drug-likeness (QED) is 0.682. The maximum absolute atomic E-state index is 11.5. The summed E-state index contributed by atoms with van der Waals surface area (Å²) in [5.74, 6) is 0.229. The number of nitrogens with zero attached hydrogens (tertiary/aromatic N) is 2. The van der Waals surface area contributed by atoms with Crippen LogP contribution in [-0.2, 0) is 4.79 Å². The van der Waals surface area contributed by atoms with Gasteiger partial charge in [0.05, 0.1) is 16.9 Å². The Morgan fingerprint density at radius 1 is 1.50 bits per heavy atom. The summed E-state index contributed by atoms with van der Waals surface area (Å²) in [5.41, 5.74) is 3.08. The molecule has 1 amide bonds. The summed E-state index contributed by atoms with van der Waals surface area (Å²) in [6.07, 6.45) is 1.49. The van der Waals surface area contributed by atoms with Crippen LogP contribution in [0, 0.1) is 6.92 Å². The van der Waals surface area contributed by atoms with Gasteiger partial charge >= 0.3 is 0 Å². The van der Waals surface area contributed by atoms with E-state index in [0.717, 1.165) is 5.01 Å². The zero-order valence-electron chi connectivity index (χ0n) is 10.7. The zero-order chi connectivity index (χ0) is 14.4. The first-order valence-electron chi connectivity index (χ1n) is 5.76. The van der Waals surface area contributed by atoms with Crippen LogP contribution < -0.4 is 10.2 Å². The Bertz CT molecular complexity index is 610. The number of aryl methyl sites for hydroxylation is 1. The number of hydrogen-bond acceptors (Lipinski definition) is 5. The lowest BCUT2D eigenvalue weighted by atomic mass is 10.3. The van der Waals surface area contributed by atoms with Gasteiger partial charge in [-0.05, 0) is 31.2 Å². The highest BCUT2D eigenvalue weighted by atomic mass is 35.5. The molecule has 1 N–H and O–H groups in total. The highest BCUT2D eigenvalue weighted by Gasteiger charge is 2.01. The van der Waals surface area contributed by atoms with Crippen molar-refractivity contribution in [2.24, 2.45) is 5.10 Å². The average Bonchev–Trinajstić information content (AvgIpc) is 2.84. The minimum Gasteiger partial charge on any atom is -0.484 e. The highest BCUT2D eigenvalue weighted by Crippen LogP contribution is 2.15. The Balaban J connectivity index is 1.75. The average molecular weight is 310 g/mol. The third-order valence-electron chi connectivity index (χ3n) is 2.21. The van der Waals surface area contributed by atoms with Gasteiger partial charge in [0.1, 0.15) is 5.75 Å². The summed E-state index contributed by atoms with van der Waals surface area (Å²) in [6, 6.07) is 6.77. The van der Waals surface area contributed by atoms with Gasteiger partial charge in [-0.3, -0.25) is 4.79 Å². The molecule has 5 nitrogen and oxygen atoms in total. The molecule has 1 heterocycles. The Labute approximate surface area is 125 Å². The van der Waals surface area contributed by atoms with Crippen LogP contribution in [0.2, 0.25) is 5.02 Å². The maximum Gasteiger partial charge on any atom is 0.277 e. The van der Waals surface area contributed by atoms with Gasteiger partial charge in [-0.15, -0.1) is 11.3 Å². The number of carbonyl (C=O) groups is 1. The van der Waals surface area contributed by atoms with Gasteiger partial charge in [0.15, 0.2) is 6.61 Å². The first-order valence-corrected chi connectivity index (χ1v) is 7.01. The number of benzene rings is 1. The normalized spacial score (nSPS) is 10.7. The van der Waals surface area contributed by atoms with E-state index in [4.69, 9.17) is 16.3 Å². The molecule has 0 aliphatic rings. The summed E-state index contributed by atoms with van der Waals surface area (Å²) in [6.45, 7) is 1.79. The molecule has 20 heavy (non-hydrogen) atoms. The lowest BCUT2D eigenvalue weighted by Crippen LogP contribution is -2.24. The number of amides is 1. The molecule has 0 atom stereocenters. The minimum absolute atomic E-state index is 0.116. The minimum atomic E-state index is -0.344. The molecule has 1 aromatic heterocycles. The summed E-state index contributed by atoms with van der Waals surface area (Å²) in [4.78, 5) is 15.7. The van der Waals surface area contributed by atoms with Crippen molar-refractivity contribution in [1.29, 1.82) is 0 Å². The van der Waals surface area contributed by atoms with Crippen molar-refractivity contribution >= 4 is 35.1 Å². The van der Waals surface area contributed by atoms with E-state index in [9.17, 15) is 4.79 Å². The molecule has 0 spiro atoms. The fourth-order valence-electron chi connectivity index (χ4n) is 1.32. The lowest BCUT2D eigenvalue weighted by molar-refractivity contribution is -0.123. The number of rotatable bonds is 5. The molecule has 0 bridgehead atoms. The van der Waals surface area contributed by atoms with Crippen LogP contribution in [0.1, 0.15) is 10.7 Å². The second-order valence-corrected chi connectivity index (χ2v) is 5.33. The molecule has 0 fully saturated rings. The molecule has 1 aromatic carbocycles. The van der Waals surface area contributed by atoms with Crippen LogP contribution >= 0.6 is 22.9 Å². The van der Waals surface area contributed by atoms with E-state index in [0.29, 0.717) is 16.5 Å². The Hall–Kier alpha value is -1.92. The van der Waals surface area contributed by atoms with E-state index in [1.807, 2.05) is 12.3 Å². The fourth-order valence-corrected chi connectivity index (χ4v) is 2.01. The molecule has 2 aromatic rings. The van der Waals surface area contributed by atoms with Crippen LogP contribution in [0.3, 0.4) is 0 Å². The number of thiazole rings is 1. The molecule has 104 valence electrons. The van der Waals surface area contributed by atoms with Gasteiger partial charge < -0.3 is 4.74 Å². The molecular formula is C13H12ClN3O2S. The first kappa shape index (κ1) is 14.5. The summed E-state index contributed by atoms with van der Waals surface area (Å²) in [7, 11) is 0. The topological polar surface area (TPSA) is 63.6 Å². The van der Waals surface area contributed by atoms with Gasteiger partial charge in [-0.2, -0.15) is 5.10 Å². The maximum atomic E-state index is 11.5. The van der Waals surface area contributed by atoms with Gasteiger partial charge in [-0.1, -0.05) is 11.6 Å². The van der Waals surface area contributed by atoms with Gasteiger partial charge in [0, 0.05) is 10.4 Å². The standard InChI is InChI=1S/C13H12ClN3O2S/c1-9-16-11(8-20-9)6-15-17-13(18)7-19-12-4-2-10(14)3-5-12/h2-6,8H,7H2,1H3,(H,17,18)/b15-6-. The monoisotopic (exact) mass is 309 g/mol. The van der Waals surface area contributed by atoms with E-state index in [1.54, 1.807) is 24.3 Å². The molecule has 0 aliphatic heterocycles. The number of aromatic nitrogens is 1. The third-order valence-corrected chi connectivity index (χ3v) is 3.25. The van der Waals surface area contributed by atoms with Gasteiger partial charge in [-0.25, -0.2) is 10.4 Å². The molecule has 0 saturated heterocycles. The Morgan fingerprint density at radius 2 is 2.25 bits per heavy atom. The van der Waals surface area contributed by atoms with Crippen LogP contribution in [-0.4, -0.2) is 23.7 Å². The predicted molar refractivity (Wildman–Crippen MR) is 79.5 cm³/mol. The van der Waals surface area contributed by atoms with Crippen molar-refractivity contribution in [3.05, 3.63) is 45.4 Å². The van der Waals surface area contributed by atoms with Crippen LogP contribution in [0.15, 0.2) is 34.7 Å². The molecule has 7 heteroatoms. The molecule has 0 saturated carbocycles. The smallest absolute Gasteiger partial charge is 0.277 e. The molecule has 0 aliphatic carbocycles. The van der Waals surface area contributed by atoms with E-state index in [-0.39, 0.29) is 12.5 Å². The second-order valence-electron chi connectivity index (χ2n) is 3.83. The van der Waals surface area contributed by atoms with E-state index < -0.39 is 0 Å². The largest absolute Gasteiger partial charge is 0.484 e. The van der Waals surface area contributed by atoms with Crippen molar-refractivity contribution in [2.45, 2.75) is 6.92 Å². The summed E-state index contributed by atoms with van der Waals surface area (Å²) in [5, 5.41) is 7.22. The van der Waals surface area contributed by atoms with Crippen molar-refractivity contribution in [3.63, 3.8) is 0 Å². The van der Waals surface area contributed by atoms with Gasteiger partial charge in [0.2, 0.25) is 0 Å². The van der Waals surface area contributed by atoms with E-state index >= 15 is 0 Å². The fraction of sp³-hybridized carbons (Fsp3) is 0.154. The first-order chi connectivity index (χ1) is 9.63. The van der Waals surface area contributed by atoms with Crippen LogP contribution in [0.5, 0.6) is 5.75 Å². The number of hydrogen-bond donors (Lipinski definition) is 1. The van der Waals surface area contributed by atoms with Crippen LogP contribution in [0.4, 0.5) is 0 Å². The number of halogens is 1. The lowest BCUT2D eigenvalue weighted by Gasteiger charge is -2.04. The molecule has 0 radical (unpaired) electrons. The Kier molecular flexibility index (Phi) is 5.09. The zero-order valence-corrected chi connectivity index (χ0v) is 12.2. The number of nitrogens with one attached hydrogen (secondary N) is 1. The second kappa shape index (κ2) is 7.02. The summed E-state index contributed by atoms with van der Waals surface area (Å²) >= 11 is 7.27. The van der Waals surface area contributed by atoms with Crippen molar-refractivity contribution in [2.75, 3.05) is 6.61 Å². The third kappa shape index (κ3) is 4.64. The van der Waals surface area contributed by atoms with Crippen molar-refractivity contribution in [1.82, 2.24) is 10.4 Å². The predicted octanol–water partition coefficient (Wildman–Crippen LogP) is 2.63. The van der Waals surface area contributed by atoms with Crippen molar-refractivity contribution < 1.29 is 9.53 Å². The number of hydrazone groups is 1. The SMILES string of the molecule is Cc1nc(/C=N\NC(=O)COc2ccc(Cl)cc2)cs1. The summed E-state index contributed by atoms with van der Waals surface area (Å²) < 4.78 is 5.27. The molecule has 2 rings (SSSR count). The molecule has 0 unspecified atom stereocenters. The van der Waals surface area contributed by atoms with Gasteiger partial charge in [0.25, 0.3) is 5.91 Å². The van der Waals surface area contributed by atoms with E-state index in [2.05, 4.69) is 15.5 Å². The van der Waals surface area contributed by atoms with Crippen molar-refractivity contribution in [3.8, 4) is 5.75 Å². The number of ether oxygens (including phenoxy) is 1. The van der Waals surface area contributed by atoms with Crippen LogP contribution in [0.25, 0.3) is 0 Å². The number of carbonyl (C=O) groups excluding carboxylic acids is 1. The molecular weight excluding hydrogens is 298 g/mol. The van der Waals surface area contributed by atoms with E-state index in [1.165, 1.54) is 17.6 Å². The Morgan fingerprint density at radius 3 is 2.90 bits per heavy atom. The highest BCUT2D eigenvalue weighted by molar-refractivity contribution is 7.09.